The molecule has 8 heteroatoms. The third kappa shape index (κ3) is 5.21. The second-order valence-corrected chi connectivity index (χ2v) is 6.93. The van der Waals surface area contributed by atoms with Gasteiger partial charge in [0, 0.05) is 44.0 Å². The van der Waals surface area contributed by atoms with Gasteiger partial charge < -0.3 is 20.1 Å². The Kier molecular flexibility index (Phi) is 6.67. The van der Waals surface area contributed by atoms with Gasteiger partial charge in [-0.3, -0.25) is 9.39 Å². The highest BCUT2D eigenvalue weighted by molar-refractivity contribution is 7.15. The molecule has 0 aliphatic carbocycles. The molecule has 3 aromatic rings. The maximum atomic E-state index is 5.84. The van der Waals surface area contributed by atoms with Crippen LogP contribution in [0.25, 0.3) is 4.96 Å². The fraction of sp³-hybridized carbons (Fsp3) is 0.368. The second-order valence-electron chi connectivity index (χ2n) is 6.06. The first kappa shape index (κ1) is 19.2. The minimum absolute atomic E-state index is 0.525. The molecule has 7 nitrogen and oxygen atoms in total. The lowest BCUT2D eigenvalue weighted by atomic mass is 10.1. The number of thiazole rings is 1. The monoisotopic (exact) mass is 387 g/mol. The van der Waals surface area contributed by atoms with E-state index in [1.165, 1.54) is 0 Å². The van der Waals surface area contributed by atoms with Crippen LogP contribution in [-0.4, -0.2) is 42.7 Å². The predicted molar refractivity (Wildman–Crippen MR) is 109 cm³/mol. The first-order chi connectivity index (χ1) is 13.2. The van der Waals surface area contributed by atoms with Crippen LogP contribution in [0, 0.1) is 6.92 Å². The average Bonchev–Trinajstić information content (AvgIpc) is 3.25. The van der Waals surface area contributed by atoms with E-state index in [0.29, 0.717) is 26.3 Å². The minimum atomic E-state index is 0.525. The van der Waals surface area contributed by atoms with Crippen molar-refractivity contribution in [1.29, 1.82) is 0 Å². The maximum Gasteiger partial charge on any atom is 0.193 e. The van der Waals surface area contributed by atoms with Crippen molar-refractivity contribution in [3.8, 4) is 5.75 Å². The largest absolute Gasteiger partial charge is 0.491 e. The first-order valence-electron chi connectivity index (χ1n) is 8.76. The highest BCUT2D eigenvalue weighted by Gasteiger charge is 2.07. The molecule has 0 fully saturated rings. The molecule has 0 unspecified atom stereocenters. The number of hydrogen-bond donors (Lipinski definition) is 2. The Labute approximate surface area is 163 Å². The summed E-state index contributed by atoms with van der Waals surface area (Å²) in [6.45, 7) is 4.36. The van der Waals surface area contributed by atoms with Crippen LogP contribution < -0.4 is 15.4 Å². The third-order valence-corrected chi connectivity index (χ3v) is 4.79. The predicted octanol–water partition coefficient (Wildman–Crippen LogP) is 2.59. The maximum absolute atomic E-state index is 5.84. The number of nitrogens with zero attached hydrogens (tertiary/aromatic N) is 3. The number of aryl methyl sites for hydroxylation is 1. The van der Waals surface area contributed by atoms with Crippen LogP contribution in [-0.2, 0) is 17.8 Å². The molecule has 3 rings (SSSR count). The molecule has 0 saturated heterocycles. The molecule has 0 spiro atoms. The summed E-state index contributed by atoms with van der Waals surface area (Å²) in [5, 5.41) is 8.65. The Morgan fingerprint density at radius 1 is 1.26 bits per heavy atom. The average molecular weight is 388 g/mol. The first-order valence-corrected chi connectivity index (χ1v) is 9.64. The fourth-order valence-electron chi connectivity index (χ4n) is 2.61. The molecule has 2 N–H and O–H groups in total. The summed E-state index contributed by atoms with van der Waals surface area (Å²) in [4.78, 5) is 9.84. The van der Waals surface area contributed by atoms with Crippen LogP contribution >= 0.6 is 11.3 Å². The van der Waals surface area contributed by atoms with Gasteiger partial charge >= 0.3 is 0 Å². The highest BCUT2D eigenvalue weighted by atomic mass is 32.1. The second kappa shape index (κ2) is 9.38. The van der Waals surface area contributed by atoms with Crippen LogP contribution in [0.2, 0.25) is 0 Å². The van der Waals surface area contributed by atoms with E-state index in [-0.39, 0.29) is 0 Å². The quantitative estimate of drug-likeness (QED) is 0.353. The fourth-order valence-corrected chi connectivity index (χ4v) is 3.33. The van der Waals surface area contributed by atoms with E-state index < -0.39 is 0 Å². The zero-order valence-corrected chi connectivity index (χ0v) is 16.7. The molecule has 0 saturated carbocycles. The van der Waals surface area contributed by atoms with Gasteiger partial charge in [-0.25, -0.2) is 4.98 Å². The topological polar surface area (TPSA) is 72.2 Å². The molecule has 0 bridgehead atoms. The zero-order chi connectivity index (χ0) is 19.1. The molecule has 144 valence electrons. The summed E-state index contributed by atoms with van der Waals surface area (Å²) in [7, 11) is 3.42. The Bertz CT molecular complexity index is 874. The van der Waals surface area contributed by atoms with Crippen LogP contribution in [0.4, 0.5) is 0 Å². The van der Waals surface area contributed by atoms with Crippen molar-refractivity contribution in [3.63, 3.8) is 0 Å². The van der Waals surface area contributed by atoms with Crippen LogP contribution in [0.15, 0.2) is 41.0 Å². The lowest BCUT2D eigenvalue weighted by molar-refractivity contribution is 0.145. The molecule has 0 aliphatic rings. The number of fused-ring (bicyclic) bond motifs is 1. The normalized spacial score (nSPS) is 11.7. The smallest absolute Gasteiger partial charge is 0.193 e. The Balaban J connectivity index is 1.56. The van der Waals surface area contributed by atoms with E-state index in [4.69, 9.17) is 9.47 Å². The van der Waals surface area contributed by atoms with E-state index in [1.807, 2.05) is 28.2 Å². The summed E-state index contributed by atoms with van der Waals surface area (Å²) < 4.78 is 12.9. The van der Waals surface area contributed by atoms with Crippen molar-refractivity contribution >= 4 is 22.3 Å². The summed E-state index contributed by atoms with van der Waals surface area (Å²) in [6, 6.07) is 6.19. The van der Waals surface area contributed by atoms with Gasteiger partial charge in [0.25, 0.3) is 0 Å². The molecule has 2 aromatic heterocycles. The van der Waals surface area contributed by atoms with Gasteiger partial charge in [-0.2, -0.15) is 0 Å². The number of guanidine groups is 1. The number of benzene rings is 1. The summed E-state index contributed by atoms with van der Waals surface area (Å²) in [5.41, 5.74) is 3.21. The Morgan fingerprint density at radius 3 is 2.89 bits per heavy atom. The van der Waals surface area contributed by atoms with Crippen molar-refractivity contribution in [1.82, 2.24) is 20.0 Å². The molecule has 0 aliphatic heterocycles. The zero-order valence-electron chi connectivity index (χ0n) is 15.9. The Hall–Kier alpha value is -2.58. The molecule has 2 heterocycles. The standard InChI is InChI=1S/C19H25N5O2S/c1-14-4-5-15(17(10-14)26-8-7-25-3)11-21-18(20-2)22-12-16-13-24-6-9-27-19(24)23-16/h4-6,9-10,13H,7-8,11-12H2,1-3H3,(H2,20,21,22). The van der Waals surface area contributed by atoms with Gasteiger partial charge in [0.15, 0.2) is 10.9 Å². The van der Waals surface area contributed by atoms with Crippen molar-refractivity contribution in [3.05, 3.63) is 52.8 Å². The van der Waals surface area contributed by atoms with Gasteiger partial charge in [-0.15, -0.1) is 11.3 Å². The van der Waals surface area contributed by atoms with E-state index in [0.717, 1.165) is 33.5 Å². The highest BCUT2D eigenvalue weighted by Crippen LogP contribution is 2.20. The van der Waals surface area contributed by atoms with Crippen LogP contribution in [0.3, 0.4) is 0 Å². The number of aromatic nitrogens is 2. The molecule has 0 atom stereocenters. The molecular weight excluding hydrogens is 362 g/mol. The van der Waals surface area contributed by atoms with Crippen LogP contribution in [0.1, 0.15) is 16.8 Å². The number of rotatable bonds is 8. The van der Waals surface area contributed by atoms with Crippen molar-refractivity contribution < 1.29 is 9.47 Å². The number of nitrogens with one attached hydrogen (secondary N) is 2. The van der Waals surface area contributed by atoms with E-state index in [1.54, 1.807) is 25.5 Å². The molecular formula is C19H25N5O2S. The third-order valence-electron chi connectivity index (χ3n) is 4.02. The van der Waals surface area contributed by atoms with Crippen molar-refractivity contribution in [2.45, 2.75) is 20.0 Å². The number of imidazole rings is 1. The lowest BCUT2D eigenvalue weighted by Crippen LogP contribution is -2.36. The molecule has 0 amide bonds. The number of aliphatic imine (C=N–C) groups is 1. The lowest BCUT2D eigenvalue weighted by Gasteiger charge is -2.15. The number of methoxy groups -OCH3 is 1. The van der Waals surface area contributed by atoms with Crippen LogP contribution in [0.5, 0.6) is 5.75 Å². The van der Waals surface area contributed by atoms with Gasteiger partial charge in [-0.1, -0.05) is 12.1 Å². The summed E-state index contributed by atoms with van der Waals surface area (Å²) in [5.74, 6) is 1.58. The van der Waals surface area contributed by atoms with E-state index in [9.17, 15) is 0 Å². The van der Waals surface area contributed by atoms with Gasteiger partial charge in [0.1, 0.15) is 12.4 Å². The number of hydrogen-bond acceptors (Lipinski definition) is 5. The SMILES string of the molecule is CN=C(NCc1cn2ccsc2n1)NCc1ccc(C)cc1OCCOC. The number of ether oxygens (including phenoxy) is 2. The molecule has 27 heavy (non-hydrogen) atoms. The summed E-state index contributed by atoms with van der Waals surface area (Å²) >= 11 is 1.62. The van der Waals surface area contributed by atoms with Gasteiger partial charge in [-0.05, 0) is 18.6 Å². The molecule has 1 aromatic carbocycles. The molecule has 0 radical (unpaired) electrons. The summed E-state index contributed by atoms with van der Waals surface area (Å²) in [6.07, 6.45) is 4.03. The van der Waals surface area contributed by atoms with Crippen molar-refractivity contribution in [2.75, 3.05) is 27.4 Å². The Morgan fingerprint density at radius 2 is 2.11 bits per heavy atom. The van der Waals surface area contributed by atoms with E-state index in [2.05, 4.69) is 39.7 Å². The van der Waals surface area contributed by atoms with E-state index >= 15 is 0 Å². The minimum Gasteiger partial charge on any atom is -0.491 e. The van der Waals surface area contributed by atoms with Gasteiger partial charge in [0.2, 0.25) is 0 Å². The van der Waals surface area contributed by atoms with Gasteiger partial charge in [0.05, 0.1) is 18.8 Å². The van der Waals surface area contributed by atoms with Crippen molar-refractivity contribution in [2.24, 2.45) is 4.99 Å².